The summed E-state index contributed by atoms with van der Waals surface area (Å²) in [6, 6.07) is 15.9. The average molecular weight is 537 g/mol. The fourth-order valence-electron chi connectivity index (χ4n) is 4.73. The first-order chi connectivity index (χ1) is 18.6. The molecule has 2 amide bonds. The molecule has 202 valence electrons. The minimum absolute atomic E-state index is 0.177. The summed E-state index contributed by atoms with van der Waals surface area (Å²) in [6.45, 7) is 3.05. The van der Waals surface area contributed by atoms with Crippen molar-refractivity contribution in [3.63, 3.8) is 0 Å². The highest BCUT2D eigenvalue weighted by Gasteiger charge is 2.37. The molecule has 0 radical (unpaired) electrons. The Morgan fingerprint density at radius 2 is 1.62 bits per heavy atom. The zero-order valence-electron chi connectivity index (χ0n) is 21.7. The second kappa shape index (κ2) is 10.2. The largest absolute Gasteiger partial charge is 0.493 e. The molecular formula is C29H27F3N4O3. The Morgan fingerprint density at radius 1 is 0.923 bits per heavy atom. The first kappa shape index (κ1) is 26.4. The third-order valence-electron chi connectivity index (χ3n) is 6.59. The molecule has 2 heterocycles. The Bertz CT molecular complexity index is 1550. The van der Waals surface area contributed by atoms with Gasteiger partial charge in [-0.15, -0.1) is 0 Å². The van der Waals surface area contributed by atoms with Gasteiger partial charge in [0.25, 0.3) is 11.8 Å². The van der Waals surface area contributed by atoms with E-state index in [1.807, 2.05) is 25.9 Å². The maximum atomic E-state index is 13.9. The number of imide groups is 1. The highest BCUT2D eigenvalue weighted by Crippen LogP contribution is 2.39. The van der Waals surface area contributed by atoms with E-state index in [9.17, 15) is 22.8 Å². The van der Waals surface area contributed by atoms with Gasteiger partial charge in [0.1, 0.15) is 5.75 Å². The molecule has 0 unspecified atom stereocenters. The van der Waals surface area contributed by atoms with Crippen molar-refractivity contribution in [2.24, 2.45) is 0 Å². The lowest BCUT2D eigenvalue weighted by Gasteiger charge is -2.28. The highest BCUT2D eigenvalue weighted by atomic mass is 19.4. The molecule has 4 aromatic rings. The minimum atomic E-state index is -4.69. The molecule has 1 aliphatic heterocycles. The van der Waals surface area contributed by atoms with Crippen LogP contribution in [0.25, 0.3) is 27.7 Å². The minimum Gasteiger partial charge on any atom is -0.493 e. The normalized spacial score (nSPS) is 13.6. The van der Waals surface area contributed by atoms with Gasteiger partial charge in [-0.3, -0.25) is 14.5 Å². The molecule has 0 atom stereocenters. The van der Waals surface area contributed by atoms with Gasteiger partial charge < -0.3 is 9.64 Å². The summed E-state index contributed by atoms with van der Waals surface area (Å²) >= 11 is 0. The number of alkyl halides is 3. The van der Waals surface area contributed by atoms with Gasteiger partial charge in [0.15, 0.2) is 5.69 Å². The lowest BCUT2D eigenvalue weighted by Crippen LogP contribution is -2.43. The number of amides is 2. The van der Waals surface area contributed by atoms with E-state index < -0.39 is 23.7 Å². The average Bonchev–Trinajstić information content (AvgIpc) is 3.36. The van der Waals surface area contributed by atoms with Crippen molar-refractivity contribution in [2.75, 3.05) is 33.8 Å². The number of para-hydroxylation sites is 1. The van der Waals surface area contributed by atoms with Crippen molar-refractivity contribution >= 4 is 22.6 Å². The molecule has 0 spiro atoms. The lowest BCUT2D eigenvalue weighted by atomic mass is 9.93. The number of likely N-dealkylation sites (N-methyl/N-ethyl adjacent to an activating group) is 1. The standard InChI is InChI=1S/C29H27F3N4O3/c1-4-16-39-24-11-6-5-8-18(24)23-17-25(29(30,31)32)33-36(23)22-13-12-21-26-19(22)9-7-10-20(26)27(37)35(28(21)38)15-14-34(2)3/h5-13,17H,4,14-16H2,1-3H3. The van der Waals surface area contributed by atoms with E-state index in [0.717, 1.165) is 12.5 Å². The maximum absolute atomic E-state index is 13.9. The molecule has 0 aliphatic carbocycles. The number of benzene rings is 3. The van der Waals surface area contributed by atoms with E-state index in [2.05, 4.69) is 5.10 Å². The Labute approximate surface area is 223 Å². The quantitative estimate of drug-likeness (QED) is 0.272. The Morgan fingerprint density at radius 3 is 2.31 bits per heavy atom. The summed E-state index contributed by atoms with van der Waals surface area (Å²) in [5.41, 5.74) is 0.504. The molecule has 0 N–H and O–H groups in total. The van der Waals surface area contributed by atoms with Crippen molar-refractivity contribution in [2.45, 2.75) is 19.5 Å². The molecule has 0 bridgehead atoms. The SMILES string of the molecule is CCCOc1ccccc1-c1cc(C(F)(F)F)nn1-c1ccc2c3c(cccc13)C(=O)N(CCN(C)C)C2=O. The van der Waals surface area contributed by atoms with Crippen molar-refractivity contribution in [1.29, 1.82) is 0 Å². The summed E-state index contributed by atoms with van der Waals surface area (Å²) in [6.07, 6.45) is -3.96. The van der Waals surface area contributed by atoms with Gasteiger partial charge in [0, 0.05) is 40.6 Å². The van der Waals surface area contributed by atoms with Gasteiger partial charge in [0.2, 0.25) is 0 Å². The van der Waals surface area contributed by atoms with Crippen LogP contribution in [-0.2, 0) is 6.18 Å². The van der Waals surface area contributed by atoms with Crippen LogP contribution in [-0.4, -0.2) is 65.2 Å². The summed E-state index contributed by atoms with van der Waals surface area (Å²) in [7, 11) is 3.70. The van der Waals surface area contributed by atoms with E-state index in [-0.39, 0.29) is 12.2 Å². The molecule has 0 fully saturated rings. The number of hydrogen-bond donors (Lipinski definition) is 0. The van der Waals surface area contributed by atoms with Crippen molar-refractivity contribution < 1.29 is 27.5 Å². The molecule has 0 saturated heterocycles. The van der Waals surface area contributed by atoms with Gasteiger partial charge in [-0.1, -0.05) is 31.2 Å². The molecule has 7 nitrogen and oxygen atoms in total. The molecule has 5 rings (SSSR count). The van der Waals surface area contributed by atoms with Gasteiger partial charge in [-0.2, -0.15) is 18.3 Å². The highest BCUT2D eigenvalue weighted by molar-refractivity contribution is 6.26. The maximum Gasteiger partial charge on any atom is 0.435 e. The molecule has 1 aromatic heterocycles. The number of carbonyl (C=O) groups excluding carboxylic acids is 2. The first-order valence-corrected chi connectivity index (χ1v) is 12.6. The topological polar surface area (TPSA) is 67.7 Å². The van der Waals surface area contributed by atoms with Gasteiger partial charge in [0.05, 0.1) is 18.0 Å². The van der Waals surface area contributed by atoms with Crippen molar-refractivity contribution in [1.82, 2.24) is 19.6 Å². The third kappa shape index (κ3) is 4.76. The van der Waals surface area contributed by atoms with Crippen LogP contribution in [0.3, 0.4) is 0 Å². The van der Waals surface area contributed by atoms with E-state index in [1.54, 1.807) is 54.6 Å². The number of ether oxygens (including phenoxy) is 1. The monoisotopic (exact) mass is 536 g/mol. The molecule has 1 aliphatic rings. The predicted octanol–water partition coefficient (Wildman–Crippen LogP) is 5.66. The van der Waals surface area contributed by atoms with E-state index in [1.165, 1.54) is 9.58 Å². The van der Waals surface area contributed by atoms with E-state index in [0.29, 0.717) is 52.1 Å². The summed E-state index contributed by atoms with van der Waals surface area (Å²) in [4.78, 5) is 29.8. The predicted molar refractivity (Wildman–Crippen MR) is 141 cm³/mol. The van der Waals surface area contributed by atoms with Gasteiger partial charge in [-0.25, -0.2) is 4.68 Å². The number of nitrogens with zero attached hydrogens (tertiary/aromatic N) is 4. The summed E-state index contributed by atoms with van der Waals surface area (Å²) < 4.78 is 48.7. The lowest BCUT2D eigenvalue weighted by molar-refractivity contribution is -0.141. The molecule has 39 heavy (non-hydrogen) atoms. The van der Waals surface area contributed by atoms with Crippen LogP contribution in [0.15, 0.2) is 60.7 Å². The Balaban J connectivity index is 1.72. The van der Waals surface area contributed by atoms with Crippen molar-refractivity contribution in [3.05, 3.63) is 77.5 Å². The van der Waals surface area contributed by atoms with Crippen LogP contribution >= 0.6 is 0 Å². The zero-order valence-corrected chi connectivity index (χ0v) is 21.7. The molecular weight excluding hydrogens is 509 g/mol. The van der Waals surface area contributed by atoms with E-state index >= 15 is 0 Å². The van der Waals surface area contributed by atoms with Gasteiger partial charge >= 0.3 is 6.18 Å². The first-order valence-electron chi connectivity index (χ1n) is 12.6. The van der Waals surface area contributed by atoms with Crippen LogP contribution in [0.5, 0.6) is 5.75 Å². The number of halogens is 3. The zero-order chi connectivity index (χ0) is 27.9. The van der Waals surface area contributed by atoms with Crippen LogP contribution in [0, 0.1) is 0 Å². The molecule has 0 saturated carbocycles. The number of hydrogen-bond acceptors (Lipinski definition) is 5. The third-order valence-corrected chi connectivity index (χ3v) is 6.59. The summed E-state index contributed by atoms with van der Waals surface area (Å²) in [5, 5.41) is 4.80. The Kier molecular flexibility index (Phi) is 6.90. The van der Waals surface area contributed by atoms with Crippen LogP contribution in [0.2, 0.25) is 0 Å². The van der Waals surface area contributed by atoms with E-state index in [4.69, 9.17) is 4.74 Å². The smallest absolute Gasteiger partial charge is 0.435 e. The number of rotatable bonds is 8. The second-order valence-electron chi connectivity index (χ2n) is 9.59. The van der Waals surface area contributed by atoms with Gasteiger partial charge in [-0.05, 0) is 56.9 Å². The second-order valence-corrected chi connectivity index (χ2v) is 9.59. The fraction of sp³-hybridized carbons (Fsp3) is 0.276. The Hall–Kier alpha value is -4.18. The van der Waals surface area contributed by atoms with Crippen molar-refractivity contribution in [3.8, 4) is 22.7 Å². The number of aromatic nitrogens is 2. The number of carbonyl (C=O) groups is 2. The molecule has 10 heteroatoms. The van der Waals surface area contributed by atoms with Crippen LogP contribution < -0.4 is 4.74 Å². The van der Waals surface area contributed by atoms with Crippen LogP contribution in [0.1, 0.15) is 39.8 Å². The fourth-order valence-corrected chi connectivity index (χ4v) is 4.73. The summed E-state index contributed by atoms with van der Waals surface area (Å²) in [5.74, 6) is -0.446. The van der Waals surface area contributed by atoms with Crippen LogP contribution in [0.4, 0.5) is 13.2 Å². The molecule has 3 aromatic carbocycles.